The molecule has 2 aliphatic rings. The van der Waals surface area contributed by atoms with Crippen molar-refractivity contribution in [2.75, 3.05) is 44.2 Å². The van der Waals surface area contributed by atoms with Crippen molar-refractivity contribution in [2.45, 2.75) is 46.1 Å². The van der Waals surface area contributed by atoms with Crippen LogP contribution in [0.25, 0.3) is 0 Å². The van der Waals surface area contributed by atoms with Crippen LogP contribution < -0.4 is 4.90 Å². The third-order valence-corrected chi connectivity index (χ3v) is 7.42. The molecular formula is C23H32N4OS. The highest BCUT2D eigenvalue weighted by atomic mass is 32.1. The topological polar surface area (TPSA) is 39.7 Å². The predicted octanol–water partition coefficient (Wildman–Crippen LogP) is 3.42. The second-order valence-electron chi connectivity index (χ2n) is 8.36. The van der Waals surface area contributed by atoms with Crippen molar-refractivity contribution in [1.29, 1.82) is 0 Å². The normalized spacial score (nSPS) is 20.9. The largest absolute Gasteiger partial charge is 0.369 e. The molecule has 1 amide bonds. The summed E-state index contributed by atoms with van der Waals surface area (Å²) in [5.74, 6) is 0.264. The van der Waals surface area contributed by atoms with Crippen molar-refractivity contribution in [1.82, 2.24) is 14.8 Å². The number of hydrogen-bond donors (Lipinski definition) is 0. The first-order chi connectivity index (χ1) is 14.0. The number of amides is 1. The van der Waals surface area contributed by atoms with Gasteiger partial charge < -0.3 is 9.80 Å². The number of aryl methyl sites for hydroxylation is 3. The Labute approximate surface area is 178 Å². The fraction of sp³-hybridized carbons (Fsp3) is 0.565. The number of rotatable bonds is 4. The third kappa shape index (κ3) is 4.64. The van der Waals surface area contributed by atoms with Crippen LogP contribution in [0.1, 0.15) is 34.0 Å². The molecule has 2 aliphatic heterocycles. The number of thiazole rings is 1. The Kier molecular flexibility index (Phi) is 6.20. The fourth-order valence-corrected chi connectivity index (χ4v) is 5.64. The molecule has 1 aromatic carbocycles. The summed E-state index contributed by atoms with van der Waals surface area (Å²) in [4.78, 5) is 25.7. The maximum Gasteiger partial charge on any atom is 0.227 e. The van der Waals surface area contributed by atoms with Crippen LogP contribution in [0, 0.1) is 20.8 Å². The van der Waals surface area contributed by atoms with Crippen molar-refractivity contribution in [2.24, 2.45) is 0 Å². The zero-order valence-electron chi connectivity index (χ0n) is 17.9. The zero-order valence-corrected chi connectivity index (χ0v) is 18.7. The Morgan fingerprint density at radius 2 is 1.86 bits per heavy atom. The van der Waals surface area contributed by atoms with Crippen molar-refractivity contribution < 1.29 is 4.79 Å². The maximum absolute atomic E-state index is 12.9. The summed E-state index contributed by atoms with van der Waals surface area (Å²) in [6.07, 6.45) is 2.81. The van der Waals surface area contributed by atoms with Gasteiger partial charge in [-0.05, 0) is 45.2 Å². The lowest BCUT2D eigenvalue weighted by atomic mass is 10.0. The number of para-hydroxylation sites is 1. The van der Waals surface area contributed by atoms with E-state index in [1.165, 1.54) is 17.7 Å². The average Bonchev–Trinajstić information content (AvgIpc) is 3.05. The monoisotopic (exact) mass is 412 g/mol. The molecule has 29 heavy (non-hydrogen) atoms. The molecule has 2 saturated heterocycles. The van der Waals surface area contributed by atoms with Gasteiger partial charge in [-0.3, -0.25) is 9.69 Å². The average molecular weight is 413 g/mol. The number of nitrogens with zero attached hydrogens (tertiary/aromatic N) is 4. The van der Waals surface area contributed by atoms with E-state index >= 15 is 0 Å². The van der Waals surface area contributed by atoms with Crippen LogP contribution in [0.2, 0.25) is 0 Å². The van der Waals surface area contributed by atoms with E-state index in [4.69, 9.17) is 0 Å². The summed E-state index contributed by atoms with van der Waals surface area (Å²) < 4.78 is 0. The first-order valence-corrected chi connectivity index (χ1v) is 11.6. The van der Waals surface area contributed by atoms with E-state index in [0.717, 1.165) is 61.3 Å². The Morgan fingerprint density at radius 1 is 1.10 bits per heavy atom. The minimum absolute atomic E-state index is 0.264. The van der Waals surface area contributed by atoms with Gasteiger partial charge in [-0.2, -0.15) is 0 Å². The van der Waals surface area contributed by atoms with E-state index in [0.29, 0.717) is 12.5 Å². The smallest absolute Gasteiger partial charge is 0.227 e. The van der Waals surface area contributed by atoms with Crippen molar-refractivity contribution in [3.05, 3.63) is 45.4 Å². The number of piperidine rings is 1. The lowest BCUT2D eigenvalue weighted by Gasteiger charge is -2.44. The van der Waals surface area contributed by atoms with E-state index < -0.39 is 0 Å². The molecule has 1 aromatic heterocycles. The highest BCUT2D eigenvalue weighted by molar-refractivity contribution is 7.11. The SMILES string of the molecule is Cc1nc(C)c(CC(=O)N2CCCC(N3CCN(c4ccccc4C)CC3)C2)s1. The first kappa shape index (κ1) is 20.4. The van der Waals surface area contributed by atoms with Crippen LogP contribution in [-0.2, 0) is 11.2 Å². The van der Waals surface area contributed by atoms with Gasteiger partial charge in [0.15, 0.2) is 0 Å². The highest BCUT2D eigenvalue weighted by Gasteiger charge is 2.30. The van der Waals surface area contributed by atoms with Gasteiger partial charge in [0.2, 0.25) is 5.91 Å². The van der Waals surface area contributed by atoms with Gasteiger partial charge in [0, 0.05) is 55.9 Å². The number of aromatic nitrogens is 1. The zero-order chi connectivity index (χ0) is 20.4. The summed E-state index contributed by atoms with van der Waals surface area (Å²) in [5, 5.41) is 1.05. The Bertz CT molecular complexity index is 856. The summed E-state index contributed by atoms with van der Waals surface area (Å²) in [6, 6.07) is 9.16. The molecule has 6 heteroatoms. The Balaban J connectivity index is 1.32. The molecule has 156 valence electrons. The minimum atomic E-state index is 0.264. The molecular weight excluding hydrogens is 380 g/mol. The standard InChI is InChI=1S/C23H32N4OS/c1-17-7-4-5-9-21(17)26-13-11-25(12-14-26)20-8-6-10-27(16-20)23(28)15-22-18(2)24-19(3)29-22/h4-5,7,9,20H,6,8,10-16H2,1-3H3. The van der Waals surface area contributed by atoms with E-state index in [1.807, 2.05) is 13.8 Å². The van der Waals surface area contributed by atoms with Gasteiger partial charge in [0.1, 0.15) is 0 Å². The molecule has 3 heterocycles. The van der Waals surface area contributed by atoms with E-state index in [-0.39, 0.29) is 5.91 Å². The summed E-state index contributed by atoms with van der Waals surface area (Å²) >= 11 is 1.66. The highest BCUT2D eigenvalue weighted by Crippen LogP contribution is 2.24. The van der Waals surface area contributed by atoms with Gasteiger partial charge >= 0.3 is 0 Å². The molecule has 0 saturated carbocycles. The van der Waals surface area contributed by atoms with Crippen molar-refractivity contribution >= 4 is 22.9 Å². The second-order valence-corrected chi connectivity index (χ2v) is 9.65. The molecule has 2 aromatic rings. The maximum atomic E-state index is 12.9. The molecule has 2 fully saturated rings. The first-order valence-electron chi connectivity index (χ1n) is 10.8. The third-order valence-electron chi connectivity index (χ3n) is 6.35. The van der Waals surface area contributed by atoms with E-state index in [9.17, 15) is 4.79 Å². The van der Waals surface area contributed by atoms with Crippen molar-refractivity contribution in [3.63, 3.8) is 0 Å². The number of benzene rings is 1. The van der Waals surface area contributed by atoms with Gasteiger partial charge in [-0.1, -0.05) is 18.2 Å². The molecule has 0 N–H and O–H groups in total. The van der Waals surface area contributed by atoms with Crippen LogP contribution >= 0.6 is 11.3 Å². The van der Waals surface area contributed by atoms with Gasteiger partial charge in [-0.15, -0.1) is 11.3 Å². The summed E-state index contributed by atoms with van der Waals surface area (Å²) in [7, 11) is 0. The molecule has 0 spiro atoms. The summed E-state index contributed by atoms with van der Waals surface area (Å²) in [6.45, 7) is 12.3. The molecule has 1 unspecified atom stereocenters. The van der Waals surface area contributed by atoms with Crippen LogP contribution in [0.3, 0.4) is 0 Å². The Morgan fingerprint density at radius 3 is 2.55 bits per heavy atom. The van der Waals surface area contributed by atoms with E-state index in [1.54, 1.807) is 11.3 Å². The fourth-order valence-electron chi connectivity index (χ4n) is 4.71. The molecule has 0 aliphatic carbocycles. The summed E-state index contributed by atoms with van der Waals surface area (Å²) in [5.41, 5.74) is 3.73. The van der Waals surface area contributed by atoms with Crippen LogP contribution in [0.15, 0.2) is 24.3 Å². The van der Waals surface area contributed by atoms with Gasteiger partial charge in [0.05, 0.1) is 17.1 Å². The van der Waals surface area contributed by atoms with Gasteiger partial charge in [-0.25, -0.2) is 4.98 Å². The molecule has 0 bridgehead atoms. The van der Waals surface area contributed by atoms with Gasteiger partial charge in [0.25, 0.3) is 0 Å². The lowest BCUT2D eigenvalue weighted by Crippen LogP contribution is -2.56. The predicted molar refractivity (Wildman–Crippen MR) is 120 cm³/mol. The quantitative estimate of drug-likeness (QED) is 0.771. The number of hydrogen-bond acceptors (Lipinski definition) is 5. The lowest BCUT2D eigenvalue weighted by molar-refractivity contribution is -0.132. The molecule has 0 radical (unpaired) electrons. The number of anilines is 1. The number of carbonyl (C=O) groups is 1. The van der Waals surface area contributed by atoms with Crippen LogP contribution in [0.5, 0.6) is 0 Å². The molecule has 4 rings (SSSR count). The van der Waals surface area contributed by atoms with E-state index in [2.05, 4.69) is 50.9 Å². The second kappa shape index (κ2) is 8.84. The number of piperazine rings is 1. The number of likely N-dealkylation sites (tertiary alicyclic amines) is 1. The molecule has 5 nitrogen and oxygen atoms in total. The molecule has 1 atom stereocenters. The minimum Gasteiger partial charge on any atom is -0.369 e. The van der Waals surface area contributed by atoms with Crippen LogP contribution in [-0.4, -0.2) is 66.0 Å². The van der Waals surface area contributed by atoms with Crippen molar-refractivity contribution in [3.8, 4) is 0 Å². The Hall–Kier alpha value is -1.92. The number of carbonyl (C=O) groups excluding carboxylic acids is 1. The van der Waals surface area contributed by atoms with Crippen LogP contribution in [0.4, 0.5) is 5.69 Å².